The van der Waals surface area contributed by atoms with Crippen LogP contribution < -0.4 is 27.2 Å². The van der Waals surface area contributed by atoms with Gasteiger partial charge in [-0.05, 0) is 6.42 Å². The minimum Gasteiger partial charge on any atom is -0.383 e. The van der Waals surface area contributed by atoms with Gasteiger partial charge >= 0.3 is 5.69 Å². The van der Waals surface area contributed by atoms with Crippen molar-refractivity contribution in [3.05, 3.63) is 20.8 Å². The van der Waals surface area contributed by atoms with E-state index >= 15 is 0 Å². The molecule has 1 aromatic heterocycles. The number of nitrogen functional groups attached to an aromatic ring is 1. The van der Waals surface area contributed by atoms with Crippen molar-refractivity contribution < 1.29 is 9.64 Å². The number of nitrogens with zero attached hydrogens (tertiary/aromatic N) is 1. The number of aromatic amines is 1. The summed E-state index contributed by atoms with van der Waals surface area (Å²) in [5.41, 5.74) is 5.32. The van der Waals surface area contributed by atoms with E-state index in [1.54, 1.807) is 0 Å². The number of ether oxygens (including phenoxy) is 1. The molecule has 1 saturated heterocycles. The standard InChI is InChI=1S/C13H23N5O3/c1-2-4-18-11(14)10(12(19)16-13(18)20)15-3-5-17-6-8-21-9-7-17/h15H,2-9,14H2,1H3,(H,16,19,20)/p+1. The second kappa shape index (κ2) is 7.28. The van der Waals surface area contributed by atoms with Crippen LogP contribution in [0.25, 0.3) is 0 Å². The van der Waals surface area contributed by atoms with Crippen LogP contribution in [0.2, 0.25) is 0 Å². The van der Waals surface area contributed by atoms with Crippen LogP contribution in [0.4, 0.5) is 11.5 Å². The minimum atomic E-state index is -0.457. The predicted octanol–water partition coefficient (Wildman–Crippen LogP) is -2.14. The molecule has 0 amide bonds. The summed E-state index contributed by atoms with van der Waals surface area (Å²) in [5, 5.41) is 3.06. The Kier molecular flexibility index (Phi) is 5.40. The number of nitrogens with two attached hydrogens (primary N) is 1. The van der Waals surface area contributed by atoms with Gasteiger partial charge < -0.3 is 20.7 Å². The van der Waals surface area contributed by atoms with Gasteiger partial charge in [0.15, 0.2) is 0 Å². The molecule has 0 aliphatic carbocycles. The molecular formula is C13H24N5O3+. The Morgan fingerprint density at radius 1 is 1.38 bits per heavy atom. The Morgan fingerprint density at radius 2 is 2.10 bits per heavy atom. The Balaban J connectivity index is 2.03. The van der Waals surface area contributed by atoms with Crippen molar-refractivity contribution in [2.75, 3.05) is 50.4 Å². The van der Waals surface area contributed by atoms with Gasteiger partial charge in [0.25, 0.3) is 5.56 Å². The second-order valence-corrected chi connectivity index (χ2v) is 5.21. The summed E-state index contributed by atoms with van der Waals surface area (Å²) in [6.07, 6.45) is 0.771. The lowest BCUT2D eigenvalue weighted by Gasteiger charge is -2.24. The van der Waals surface area contributed by atoms with E-state index in [4.69, 9.17) is 10.5 Å². The fraction of sp³-hybridized carbons (Fsp3) is 0.692. The van der Waals surface area contributed by atoms with Crippen molar-refractivity contribution in [1.82, 2.24) is 9.55 Å². The first-order chi connectivity index (χ1) is 10.1. The molecular weight excluding hydrogens is 274 g/mol. The normalized spacial score (nSPS) is 16.0. The van der Waals surface area contributed by atoms with Crippen LogP contribution in [0.1, 0.15) is 13.3 Å². The summed E-state index contributed by atoms with van der Waals surface area (Å²) < 4.78 is 6.70. The molecule has 21 heavy (non-hydrogen) atoms. The fourth-order valence-electron chi connectivity index (χ4n) is 2.48. The zero-order valence-electron chi connectivity index (χ0n) is 12.4. The van der Waals surface area contributed by atoms with Gasteiger partial charge in [-0.25, -0.2) is 4.79 Å². The number of aromatic nitrogens is 2. The van der Waals surface area contributed by atoms with Gasteiger partial charge in [0.2, 0.25) is 0 Å². The van der Waals surface area contributed by atoms with E-state index in [1.165, 1.54) is 9.47 Å². The van der Waals surface area contributed by atoms with Crippen LogP contribution in [0, 0.1) is 0 Å². The maximum absolute atomic E-state index is 11.9. The highest BCUT2D eigenvalue weighted by Crippen LogP contribution is 2.09. The Morgan fingerprint density at radius 3 is 2.76 bits per heavy atom. The molecule has 2 rings (SSSR count). The molecule has 8 nitrogen and oxygen atoms in total. The van der Waals surface area contributed by atoms with Crippen LogP contribution in [0.15, 0.2) is 9.59 Å². The highest BCUT2D eigenvalue weighted by atomic mass is 16.5. The molecule has 118 valence electrons. The van der Waals surface area contributed by atoms with Gasteiger partial charge in [-0.3, -0.25) is 14.3 Å². The topological polar surface area (TPSA) is 107 Å². The SMILES string of the molecule is CCCn1c(N)c(NCC[NH+]2CCOCC2)c(=O)[nH]c1=O. The molecule has 0 spiro atoms. The van der Waals surface area contributed by atoms with Crippen LogP contribution in [0.3, 0.4) is 0 Å². The molecule has 0 radical (unpaired) electrons. The predicted molar refractivity (Wildman–Crippen MR) is 80.9 cm³/mol. The molecule has 8 heteroatoms. The van der Waals surface area contributed by atoms with E-state index in [-0.39, 0.29) is 11.5 Å². The molecule has 0 bridgehead atoms. The molecule has 1 aliphatic heterocycles. The van der Waals surface area contributed by atoms with Crippen molar-refractivity contribution >= 4 is 11.5 Å². The number of morpholine rings is 1. The molecule has 0 aromatic carbocycles. The van der Waals surface area contributed by atoms with Gasteiger partial charge in [0.1, 0.15) is 24.6 Å². The number of quaternary nitrogens is 1. The summed E-state index contributed by atoms with van der Waals surface area (Å²) in [5.74, 6) is 0.211. The summed E-state index contributed by atoms with van der Waals surface area (Å²) >= 11 is 0. The minimum absolute atomic E-state index is 0.211. The zero-order valence-corrected chi connectivity index (χ0v) is 12.4. The molecule has 5 N–H and O–H groups in total. The molecule has 0 atom stereocenters. The summed E-state index contributed by atoms with van der Waals surface area (Å²) in [6.45, 7) is 7.46. The van der Waals surface area contributed by atoms with Gasteiger partial charge in [-0.1, -0.05) is 6.92 Å². The van der Waals surface area contributed by atoms with Crippen LogP contribution in [-0.4, -0.2) is 48.9 Å². The van der Waals surface area contributed by atoms with Crippen molar-refractivity contribution in [2.24, 2.45) is 0 Å². The third-order valence-electron chi connectivity index (χ3n) is 3.67. The molecule has 0 unspecified atom stereocenters. The lowest BCUT2D eigenvalue weighted by Crippen LogP contribution is -3.14. The first kappa shape index (κ1) is 15.6. The molecule has 2 heterocycles. The van der Waals surface area contributed by atoms with Crippen LogP contribution in [0.5, 0.6) is 0 Å². The van der Waals surface area contributed by atoms with Gasteiger partial charge in [0.05, 0.1) is 26.3 Å². The molecule has 0 saturated carbocycles. The highest BCUT2D eigenvalue weighted by Gasteiger charge is 2.15. The number of anilines is 2. The summed E-state index contributed by atoms with van der Waals surface area (Å²) in [7, 11) is 0. The maximum atomic E-state index is 11.9. The number of hydrogen-bond acceptors (Lipinski definition) is 5. The van der Waals surface area contributed by atoms with Crippen LogP contribution >= 0.6 is 0 Å². The van der Waals surface area contributed by atoms with Crippen molar-refractivity contribution in [3.63, 3.8) is 0 Å². The Hall–Kier alpha value is -1.80. The first-order valence-corrected chi connectivity index (χ1v) is 7.41. The van der Waals surface area contributed by atoms with Crippen molar-refractivity contribution in [1.29, 1.82) is 0 Å². The number of hydrogen-bond donors (Lipinski definition) is 4. The largest absolute Gasteiger partial charge is 0.383 e. The maximum Gasteiger partial charge on any atom is 0.330 e. The van der Waals surface area contributed by atoms with E-state index in [1.807, 2.05) is 6.92 Å². The Labute approximate surface area is 122 Å². The van der Waals surface area contributed by atoms with E-state index in [2.05, 4.69) is 10.3 Å². The van der Waals surface area contributed by atoms with Crippen molar-refractivity contribution in [3.8, 4) is 0 Å². The quantitative estimate of drug-likeness (QED) is 0.479. The van der Waals surface area contributed by atoms with Crippen molar-refractivity contribution in [2.45, 2.75) is 19.9 Å². The highest BCUT2D eigenvalue weighted by molar-refractivity contribution is 5.60. The lowest BCUT2D eigenvalue weighted by atomic mass is 10.3. The van der Waals surface area contributed by atoms with E-state index in [0.717, 1.165) is 39.3 Å². The summed E-state index contributed by atoms with van der Waals surface area (Å²) in [4.78, 5) is 27.3. The summed E-state index contributed by atoms with van der Waals surface area (Å²) in [6, 6.07) is 0. The number of H-pyrrole nitrogens is 1. The van der Waals surface area contributed by atoms with E-state index in [9.17, 15) is 9.59 Å². The van der Waals surface area contributed by atoms with Gasteiger partial charge in [0, 0.05) is 6.54 Å². The third-order valence-corrected chi connectivity index (χ3v) is 3.67. The third kappa shape index (κ3) is 3.85. The average Bonchev–Trinajstić information content (AvgIpc) is 2.48. The zero-order chi connectivity index (χ0) is 15.2. The number of nitrogens with one attached hydrogen (secondary N) is 3. The first-order valence-electron chi connectivity index (χ1n) is 7.41. The number of rotatable bonds is 6. The Bertz CT molecular complexity index is 574. The van der Waals surface area contributed by atoms with E-state index < -0.39 is 11.2 Å². The monoisotopic (exact) mass is 298 g/mol. The molecule has 1 aliphatic rings. The smallest absolute Gasteiger partial charge is 0.330 e. The lowest BCUT2D eigenvalue weighted by molar-refractivity contribution is -0.906. The van der Waals surface area contributed by atoms with E-state index in [0.29, 0.717) is 13.1 Å². The van der Waals surface area contributed by atoms with Gasteiger partial charge in [-0.2, -0.15) is 0 Å². The molecule has 1 aromatic rings. The van der Waals surface area contributed by atoms with Gasteiger partial charge in [-0.15, -0.1) is 0 Å². The van der Waals surface area contributed by atoms with Crippen LogP contribution in [-0.2, 0) is 11.3 Å². The molecule has 1 fully saturated rings. The fourth-order valence-corrected chi connectivity index (χ4v) is 2.48. The second-order valence-electron chi connectivity index (χ2n) is 5.21. The average molecular weight is 298 g/mol.